The summed E-state index contributed by atoms with van der Waals surface area (Å²) in [4.78, 5) is 27.8. The predicted octanol–water partition coefficient (Wildman–Crippen LogP) is 1.75. The summed E-state index contributed by atoms with van der Waals surface area (Å²) in [6.07, 6.45) is 3.49. The molecule has 0 aliphatic rings. The second-order valence-corrected chi connectivity index (χ2v) is 6.49. The number of amides is 2. The highest BCUT2D eigenvalue weighted by Crippen LogP contribution is 2.12. The van der Waals surface area contributed by atoms with Gasteiger partial charge in [0.2, 0.25) is 5.91 Å². The number of hydrogen-bond donors (Lipinski definition) is 2. The van der Waals surface area contributed by atoms with Gasteiger partial charge in [-0.2, -0.15) is 0 Å². The molecule has 2 N–H and O–H groups in total. The molecule has 0 spiro atoms. The fourth-order valence-electron chi connectivity index (χ4n) is 1.46. The first-order chi connectivity index (χ1) is 9.29. The molecule has 0 aliphatic heterocycles. The van der Waals surface area contributed by atoms with Crippen molar-refractivity contribution in [1.82, 2.24) is 20.2 Å². The molecular weight excluding hydrogens is 371 g/mol. The SMILES string of the molecule is CC(C)(C)C(=O)NNC(=O)c1ccn2c(I)cnc2c1. The van der Waals surface area contributed by atoms with E-state index in [1.807, 2.05) is 4.40 Å². The largest absolute Gasteiger partial charge is 0.295 e. The second kappa shape index (κ2) is 5.39. The molecule has 20 heavy (non-hydrogen) atoms. The normalized spacial score (nSPS) is 11.4. The Morgan fingerprint density at radius 1 is 1.30 bits per heavy atom. The number of carbonyl (C=O) groups is 2. The van der Waals surface area contributed by atoms with Gasteiger partial charge in [-0.1, -0.05) is 20.8 Å². The number of nitrogens with zero attached hydrogens (tertiary/aromatic N) is 2. The van der Waals surface area contributed by atoms with E-state index in [9.17, 15) is 9.59 Å². The van der Waals surface area contributed by atoms with E-state index >= 15 is 0 Å². The molecule has 0 aliphatic carbocycles. The summed E-state index contributed by atoms with van der Waals surface area (Å²) in [7, 11) is 0. The standard InChI is InChI=1S/C13H15IN4O2/c1-13(2,3)12(20)17-16-11(19)8-4-5-18-9(14)7-15-10(18)6-8/h4-7H,1-3H3,(H,16,19)(H,17,20). The Labute approximate surface area is 130 Å². The van der Waals surface area contributed by atoms with E-state index in [0.717, 1.165) is 3.70 Å². The van der Waals surface area contributed by atoms with Crippen molar-refractivity contribution in [3.63, 3.8) is 0 Å². The summed E-state index contributed by atoms with van der Waals surface area (Å²) >= 11 is 2.16. The van der Waals surface area contributed by atoms with Crippen LogP contribution in [0.25, 0.3) is 5.65 Å². The van der Waals surface area contributed by atoms with Gasteiger partial charge in [-0.05, 0) is 34.7 Å². The van der Waals surface area contributed by atoms with Gasteiger partial charge in [0, 0.05) is 17.2 Å². The molecular formula is C13H15IN4O2. The van der Waals surface area contributed by atoms with Crippen molar-refractivity contribution in [2.24, 2.45) is 5.41 Å². The number of hydrogen-bond acceptors (Lipinski definition) is 3. The molecule has 0 fully saturated rings. The van der Waals surface area contributed by atoms with Crippen LogP contribution in [0.2, 0.25) is 0 Å². The van der Waals surface area contributed by atoms with Crippen molar-refractivity contribution in [2.75, 3.05) is 0 Å². The Kier molecular flexibility index (Phi) is 3.98. The molecule has 0 saturated carbocycles. The van der Waals surface area contributed by atoms with Crippen LogP contribution in [0.5, 0.6) is 0 Å². The molecule has 6 nitrogen and oxygen atoms in total. The fraction of sp³-hybridized carbons (Fsp3) is 0.308. The van der Waals surface area contributed by atoms with Gasteiger partial charge in [-0.15, -0.1) is 0 Å². The number of aromatic nitrogens is 2. The van der Waals surface area contributed by atoms with E-state index < -0.39 is 5.41 Å². The minimum absolute atomic E-state index is 0.248. The molecule has 0 bridgehead atoms. The lowest BCUT2D eigenvalue weighted by molar-refractivity contribution is -0.129. The van der Waals surface area contributed by atoms with E-state index in [-0.39, 0.29) is 11.8 Å². The Morgan fingerprint density at radius 2 is 2.00 bits per heavy atom. The lowest BCUT2D eigenvalue weighted by Gasteiger charge is -2.17. The number of carbonyl (C=O) groups excluding carboxylic acids is 2. The summed E-state index contributed by atoms with van der Waals surface area (Å²) in [5, 5.41) is 0. The third kappa shape index (κ3) is 3.09. The van der Waals surface area contributed by atoms with Crippen molar-refractivity contribution >= 4 is 40.1 Å². The molecule has 7 heteroatoms. The molecule has 0 saturated heterocycles. The average Bonchev–Trinajstić information content (AvgIpc) is 2.75. The average molecular weight is 386 g/mol. The maximum Gasteiger partial charge on any atom is 0.269 e. The highest BCUT2D eigenvalue weighted by Gasteiger charge is 2.21. The minimum Gasteiger partial charge on any atom is -0.295 e. The van der Waals surface area contributed by atoms with Crippen LogP contribution < -0.4 is 10.9 Å². The molecule has 2 rings (SSSR count). The first-order valence-electron chi connectivity index (χ1n) is 6.02. The van der Waals surface area contributed by atoms with E-state index in [1.54, 1.807) is 45.3 Å². The molecule has 2 aromatic rings. The summed E-state index contributed by atoms with van der Waals surface area (Å²) in [6.45, 7) is 5.31. The van der Waals surface area contributed by atoms with Gasteiger partial charge in [-0.3, -0.25) is 24.8 Å². The fourth-order valence-corrected chi connectivity index (χ4v) is 2.01. The third-order valence-corrected chi connectivity index (χ3v) is 3.50. The molecule has 2 heterocycles. The molecule has 0 radical (unpaired) electrons. The van der Waals surface area contributed by atoms with Crippen LogP contribution in [0.1, 0.15) is 31.1 Å². The van der Waals surface area contributed by atoms with Gasteiger partial charge in [0.15, 0.2) is 0 Å². The number of rotatable bonds is 1. The highest BCUT2D eigenvalue weighted by atomic mass is 127. The molecule has 0 unspecified atom stereocenters. The molecule has 0 aromatic carbocycles. The second-order valence-electron chi connectivity index (χ2n) is 5.38. The quantitative estimate of drug-likeness (QED) is 0.579. The lowest BCUT2D eigenvalue weighted by atomic mass is 9.96. The van der Waals surface area contributed by atoms with Crippen LogP contribution in [0.3, 0.4) is 0 Å². The number of hydrazine groups is 1. The highest BCUT2D eigenvalue weighted by molar-refractivity contribution is 14.1. The minimum atomic E-state index is -0.559. The van der Waals surface area contributed by atoms with Crippen molar-refractivity contribution in [2.45, 2.75) is 20.8 Å². The van der Waals surface area contributed by atoms with Gasteiger partial charge >= 0.3 is 0 Å². The summed E-state index contributed by atoms with van der Waals surface area (Å²) < 4.78 is 2.83. The predicted molar refractivity (Wildman–Crippen MR) is 83.0 cm³/mol. The number of halogens is 1. The lowest BCUT2D eigenvalue weighted by Crippen LogP contribution is -2.46. The zero-order valence-electron chi connectivity index (χ0n) is 11.4. The molecule has 2 aromatic heterocycles. The van der Waals surface area contributed by atoms with Gasteiger partial charge < -0.3 is 0 Å². The van der Waals surface area contributed by atoms with E-state index in [0.29, 0.717) is 11.2 Å². The van der Waals surface area contributed by atoms with E-state index in [1.165, 1.54) is 0 Å². The number of imidazole rings is 1. The first kappa shape index (κ1) is 14.8. The summed E-state index contributed by atoms with van der Waals surface area (Å²) in [6, 6.07) is 3.34. The van der Waals surface area contributed by atoms with Gasteiger partial charge in [0.1, 0.15) is 9.35 Å². The van der Waals surface area contributed by atoms with E-state index in [4.69, 9.17) is 0 Å². The van der Waals surface area contributed by atoms with Crippen molar-refractivity contribution < 1.29 is 9.59 Å². The molecule has 106 valence electrons. The zero-order valence-corrected chi connectivity index (χ0v) is 13.6. The third-order valence-electron chi connectivity index (χ3n) is 2.70. The van der Waals surface area contributed by atoms with Crippen LogP contribution in [-0.4, -0.2) is 21.2 Å². The number of pyridine rings is 1. The number of nitrogens with one attached hydrogen (secondary N) is 2. The Bertz CT molecular complexity index is 673. The van der Waals surface area contributed by atoms with Gasteiger partial charge in [0.25, 0.3) is 5.91 Å². The van der Waals surface area contributed by atoms with Crippen molar-refractivity contribution in [3.8, 4) is 0 Å². The maximum absolute atomic E-state index is 12.0. The topological polar surface area (TPSA) is 75.5 Å². The Hall–Kier alpha value is -1.64. The monoisotopic (exact) mass is 386 g/mol. The van der Waals surface area contributed by atoms with Crippen molar-refractivity contribution in [3.05, 3.63) is 33.8 Å². The smallest absolute Gasteiger partial charge is 0.269 e. The van der Waals surface area contributed by atoms with Crippen LogP contribution in [0, 0.1) is 9.12 Å². The molecule has 2 amide bonds. The Balaban J connectivity index is 2.10. The van der Waals surface area contributed by atoms with Crippen LogP contribution in [0.4, 0.5) is 0 Å². The Morgan fingerprint density at radius 3 is 2.65 bits per heavy atom. The van der Waals surface area contributed by atoms with E-state index in [2.05, 4.69) is 38.4 Å². The van der Waals surface area contributed by atoms with Crippen LogP contribution >= 0.6 is 22.6 Å². The van der Waals surface area contributed by atoms with Crippen LogP contribution in [-0.2, 0) is 4.79 Å². The summed E-state index contributed by atoms with van der Waals surface area (Å²) in [5.74, 6) is -0.620. The van der Waals surface area contributed by atoms with Gasteiger partial charge in [0.05, 0.1) is 6.20 Å². The summed E-state index contributed by atoms with van der Waals surface area (Å²) in [5.41, 5.74) is 5.37. The molecule has 0 atom stereocenters. The number of fused-ring (bicyclic) bond motifs is 1. The first-order valence-corrected chi connectivity index (χ1v) is 7.10. The zero-order chi connectivity index (χ0) is 14.9. The maximum atomic E-state index is 12.0. The van der Waals surface area contributed by atoms with Crippen molar-refractivity contribution in [1.29, 1.82) is 0 Å². The van der Waals surface area contributed by atoms with Gasteiger partial charge in [-0.25, -0.2) is 4.98 Å². The van der Waals surface area contributed by atoms with Crippen LogP contribution in [0.15, 0.2) is 24.5 Å².